The Morgan fingerprint density at radius 2 is 1.27 bits per heavy atom. The number of hydrogen-bond acceptors (Lipinski definition) is 3. The minimum Gasteiger partial charge on any atom is -0.289 e. The summed E-state index contributed by atoms with van der Waals surface area (Å²) in [6, 6.07) is 23.8. The van der Waals surface area contributed by atoms with Crippen LogP contribution in [0.1, 0.15) is 15.9 Å². The van der Waals surface area contributed by atoms with Gasteiger partial charge in [-0.1, -0.05) is 72.1 Å². The first-order chi connectivity index (χ1) is 10.8. The topological polar surface area (TPSA) is 17.1 Å². The molecule has 0 aromatic heterocycles. The van der Waals surface area contributed by atoms with Crippen LogP contribution in [0.5, 0.6) is 0 Å². The third-order valence-corrected chi connectivity index (χ3v) is 6.15. The molecule has 106 valence electrons. The lowest BCUT2D eigenvalue weighted by Gasteiger charge is -2.20. The van der Waals surface area contributed by atoms with Gasteiger partial charge in [-0.05, 0) is 24.3 Å². The monoisotopic (exact) mass is 320 g/mol. The van der Waals surface area contributed by atoms with Crippen LogP contribution in [0.3, 0.4) is 0 Å². The lowest BCUT2D eigenvalue weighted by atomic mass is 10.0. The number of ketones is 1. The molecule has 3 aromatic carbocycles. The van der Waals surface area contributed by atoms with Gasteiger partial charge in [0, 0.05) is 30.7 Å². The van der Waals surface area contributed by atoms with Gasteiger partial charge >= 0.3 is 0 Å². The Kier molecular flexibility index (Phi) is 3.53. The van der Waals surface area contributed by atoms with Gasteiger partial charge in [0.25, 0.3) is 0 Å². The van der Waals surface area contributed by atoms with E-state index < -0.39 is 0 Å². The van der Waals surface area contributed by atoms with Crippen LogP contribution < -0.4 is 0 Å². The largest absolute Gasteiger partial charge is 0.289 e. The summed E-state index contributed by atoms with van der Waals surface area (Å²) in [7, 11) is 0. The van der Waals surface area contributed by atoms with Crippen LogP contribution >= 0.6 is 23.5 Å². The van der Waals surface area contributed by atoms with Crippen LogP contribution in [0.4, 0.5) is 0 Å². The van der Waals surface area contributed by atoms with E-state index in [1.165, 1.54) is 9.79 Å². The highest BCUT2D eigenvalue weighted by molar-refractivity contribution is 8.05. The Morgan fingerprint density at radius 1 is 0.636 bits per heavy atom. The second-order valence-corrected chi connectivity index (χ2v) is 7.11. The second-order valence-electron chi connectivity index (χ2n) is 4.98. The molecule has 22 heavy (non-hydrogen) atoms. The maximum atomic E-state index is 12.8. The minimum atomic E-state index is 0.0879. The molecule has 3 heteroatoms. The maximum Gasteiger partial charge on any atom is 0.194 e. The van der Waals surface area contributed by atoms with Crippen molar-refractivity contribution in [1.82, 2.24) is 0 Å². The Hall–Kier alpha value is -1.97. The number of fused-ring (bicyclic) bond motifs is 2. The number of rotatable bonds is 2. The molecule has 0 radical (unpaired) electrons. The van der Waals surface area contributed by atoms with Gasteiger partial charge in [-0.3, -0.25) is 4.79 Å². The van der Waals surface area contributed by atoms with Crippen LogP contribution in [0.15, 0.2) is 92.4 Å². The van der Waals surface area contributed by atoms with Crippen LogP contribution in [-0.2, 0) is 0 Å². The van der Waals surface area contributed by atoms with E-state index >= 15 is 0 Å². The molecule has 0 aliphatic carbocycles. The molecule has 0 amide bonds. The van der Waals surface area contributed by atoms with Crippen molar-refractivity contribution in [2.24, 2.45) is 0 Å². The van der Waals surface area contributed by atoms with Crippen molar-refractivity contribution in [3.8, 4) is 0 Å². The predicted molar refractivity (Wildman–Crippen MR) is 91.0 cm³/mol. The summed E-state index contributed by atoms with van der Waals surface area (Å²) in [5, 5.41) is 0. The Labute approximate surface area is 137 Å². The zero-order valence-corrected chi connectivity index (χ0v) is 13.3. The number of carbonyl (C=O) groups excluding carboxylic acids is 1. The van der Waals surface area contributed by atoms with Crippen molar-refractivity contribution in [2.45, 2.75) is 19.6 Å². The minimum absolute atomic E-state index is 0.0879. The van der Waals surface area contributed by atoms with E-state index in [0.717, 1.165) is 20.9 Å². The van der Waals surface area contributed by atoms with E-state index in [-0.39, 0.29) is 5.78 Å². The average molecular weight is 320 g/mol. The van der Waals surface area contributed by atoms with Gasteiger partial charge in [0.15, 0.2) is 5.78 Å². The quantitative estimate of drug-likeness (QED) is 0.452. The highest BCUT2D eigenvalue weighted by Crippen LogP contribution is 2.49. The Balaban J connectivity index is 1.80. The van der Waals surface area contributed by atoms with E-state index in [2.05, 4.69) is 24.3 Å². The first-order valence-electron chi connectivity index (χ1n) is 7.00. The van der Waals surface area contributed by atoms with Crippen molar-refractivity contribution in [2.75, 3.05) is 0 Å². The Bertz CT molecular complexity index is 856. The lowest BCUT2D eigenvalue weighted by Crippen LogP contribution is -2.05. The normalized spacial score (nSPS) is 12.4. The van der Waals surface area contributed by atoms with Gasteiger partial charge in [-0.15, -0.1) is 0 Å². The number of hydrogen-bond donors (Lipinski definition) is 0. The first-order valence-corrected chi connectivity index (χ1v) is 8.64. The van der Waals surface area contributed by atoms with Crippen molar-refractivity contribution >= 4 is 29.3 Å². The molecule has 1 aliphatic heterocycles. The van der Waals surface area contributed by atoms with E-state index in [4.69, 9.17) is 0 Å². The van der Waals surface area contributed by atoms with Crippen molar-refractivity contribution in [1.29, 1.82) is 0 Å². The van der Waals surface area contributed by atoms with Gasteiger partial charge in [-0.2, -0.15) is 0 Å². The maximum absolute atomic E-state index is 12.8. The standard InChI is InChI=1S/C19H12OS2/c20-18(13-7-2-1-3-8-13)14-9-6-12-17-19(14)22-16-11-5-4-10-15(16)21-17/h1-12H. The molecule has 0 spiro atoms. The summed E-state index contributed by atoms with van der Waals surface area (Å²) in [6.45, 7) is 0. The second kappa shape index (κ2) is 5.67. The first kappa shape index (κ1) is 13.7. The molecule has 0 fully saturated rings. The fraction of sp³-hybridized carbons (Fsp3) is 0. The highest BCUT2D eigenvalue weighted by Gasteiger charge is 2.22. The molecule has 0 saturated carbocycles. The molecule has 1 heterocycles. The lowest BCUT2D eigenvalue weighted by molar-refractivity contribution is 0.103. The van der Waals surface area contributed by atoms with E-state index in [1.807, 2.05) is 48.5 Å². The Morgan fingerprint density at radius 3 is 2.05 bits per heavy atom. The van der Waals surface area contributed by atoms with Crippen molar-refractivity contribution in [3.05, 3.63) is 83.9 Å². The van der Waals surface area contributed by atoms with Crippen LogP contribution in [0.25, 0.3) is 0 Å². The van der Waals surface area contributed by atoms with Gasteiger partial charge in [0.1, 0.15) is 0 Å². The molecule has 0 saturated heterocycles. The van der Waals surface area contributed by atoms with Gasteiger partial charge in [-0.25, -0.2) is 0 Å². The zero-order valence-electron chi connectivity index (χ0n) is 11.7. The van der Waals surface area contributed by atoms with Gasteiger partial charge < -0.3 is 0 Å². The van der Waals surface area contributed by atoms with E-state index in [1.54, 1.807) is 23.5 Å². The summed E-state index contributed by atoms with van der Waals surface area (Å²) in [5.74, 6) is 0.0879. The molecule has 1 aliphatic rings. The highest BCUT2D eigenvalue weighted by atomic mass is 32.2. The average Bonchev–Trinajstić information content (AvgIpc) is 2.59. The number of carbonyl (C=O) groups is 1. The summed E-state index contributed by atoms with van der Waals surface area (Å²) < 4.78 is 0. The SMILES string of the molecule is O=C(c1ccccc1)c1cccc2c1Sc1ccccc1S2. The molecule has 0 N–H and O–H groups in total. The van der Waals surface area contributed by atoms with Crippen molar-refractivity contribution < 1.29 is 4.79 Å². The predicted octanol–water partition coefficient (Wildman–Crippen LogP) is 5.53. The molecule has 1 nitrogen and oxygen atoms in total. The van der Waals surface area contributed by atoms with Crippen molar-refractivity contribution in [3.63, 3.8) is 0 Å². The molecular weight excluding hydrogens is 308 g/mol. The summed E-state index contributed by atoms with van der Waals surface area (Å²) >= 11 is 3.43. The van der Waals surface area contributed by atoms with Crippen LogP contribution in [0, 0.1) is 0 Å². The third-order valence-electron chi connectivity index (χ3n) is 3.54. The fourth-order valence-corrected chi connectivity index (χ4v) is 4.85. The summed E-state index contributed by atoms with van der Waals surface area (Å²) in [4.78, 5) is 17.5. The van der Waals surface area contributed by atoms with E-state index in [0.29, 0.717) is 0 Å². The molecule has 4 rings (SSSR count). The molecular formula is C19H12OS2. The molecule has 0 atom stereocenters. The van der Waals surface area contributed by atoms with Gasteiger partial charge in [0.05, 0.1) is 0 Å². The van der Waals surface area contributed by atoms with Crippen LogP contribution in [0.2, 0.25) is 0 Å². The van der Waals surface area contributed by atoms with E-state index in [9.17, 15) is 4.79 Å². The smallest absolute Gasteiger partial charge is 0.194 e. The summed E-state index contributed by atoms with van der Waals surface area (Å²) in [6.07, 6.45) is 0. The van der Waals surface area contributed by atoms with Gasteiger partial charge in [0.2, 0.25) is 0 Å². The zero-order chi connectivity index (χ0) is 14.9. The molecule has 0 bridgehead atoms. The fourth-order valence-electron chi connectivity index (χ4n) is 2.47. The molecule has 3 aromatic rings. The number of benzene rings is 3. The third kappa shape index (κ3) is 2.36. The molecule has 0 unspecified atom stereocenters. The van der Waals surface area contributed by atoms with Crippen LogP contribution in [-0.4, -0.2) is 5.78 Å². The summed E-state index contributed by atoms with van der Waals surface area (Å²) in [5.41, 5.74) is 1.52.